The van der Waals surface area contributed by atoms with Crippen LogP contribution in [0.4, 0.5) is 4.39 Å². The van der Waals surface area contributed by atoms with Gasteiger partial charge in [0.25, 0.3) is 0 Å². The SMILES string of the molecule is Cc1cc(Cc2ccccc2F)cc([C@@H]2CCCNC2)n1. The molecular formula is C18H21FN2. The highest BCUT2D eigenvalue weighted by molar-refractivity contribution is 5.30. The summed E-state index contributed by atoms with van der Waals surface area (Å²) in [5.41, 5.74) is 4.06. The van der Waals surface area contributed by atoms with Gasteiger partial charge in [0.1, 0.15) is 5.82 Å². The molecule has 21 heavy (non-hydrogen) atoms. The van der Waals surface area contributed by atoms with E-state index in [0.717, 1.165) is 35.6 Å². The van der Waals surface area contributed by atoms with E-state index >= 15 is 0 Å². The number of aromatic nitrogens is 1. The average Bonchev–Trinajstić information content (AvgIpc) is 2.50. The van der Waals surface area contributed by atoms with Gasteiger partial charge in [0.2, 0.25) is 0 Å². The number of nitrogens with one attached hydrogen (secondary N) is 1. The third-order valence-corrected chi connectivity index (χ3v) is 4.10. The number of benzene rings is 1. The first-order valence-electron chi connectivity index (χ1n) is 7.64. The zero-order valence-corrected chi connectivity index (χ0v) is 12.4. The minimum absolute atomic E-state index is 0.132. The molecule has 0 aliphatic carbocycles. The number of rotatable bonds is 3. The molecule has 0 unspecified atom stereocenters. The normalized spacial score (nSPS) is 18.7. The number of pyridine rings is 1. The van der Waals surface area contributed by atoms with Crippen LogP contribution in [-0.2, 0) is 6.42 Å². The lowest BCUT2D eigenvalue weighted by Gasteiger charge is -2.23. The van der Waals surface area contributed by atoms with Crippen LogP contribution in [0.1, 0.15) is 41.3 Å². The van der Waals surface area contributed by atoms with Gasteiger partial charge in [-0.1, -0.05) is 18.2 Å². The van der Waals surface area contributed by atoms with Crippen molar-refractivity contribution in [1.82, 2.24) is 10.3 Å². The number of aryl methyl sites for hydroxylation is 1. The molecule has 0 saturated carbocycles. The van der Waals surface area contributed by atoms with E-state index in [0.29, 0.717) is 12.3 Å². The highest BCUT2D eigenvalue weighted by Crippen LogP contribution is 2.24. The summed E-state index contributed by atoms with van der Waals surface area (Å²) in [7, 11) is 0. The van der Waals surface area contributed by atoms with Crippen molar-refractivity contribution >= 4 is 0 Å². The van der Waals surface area contributed by atoms with Crippen molar-refractivity contribution in [2.75, 3.05) is 13.1 Å². The Hall–Kier alpha value is -1.74. The first kappa shape index (κ1) is 14.2. The standard InChI is InChI=1S/C18H21FN2/c1-13-9-14(10-15-5-2-3-7-17(15)19)11-18(21-13)16-6-4-8-20-12-16/h2-3,5,7,9,11,16,20H,4,6,8,10,12H2,1H3/t16-/m1/s1. The second-order valence-corrected chi connectivity index (χ2v) is 5.85. The highest BCUT2D eigenvalue weighted by Gasteiger charge is 2.17. The van der Waals surface area contributed by atoms with Crippen molar-refractivity contribution in [1.29, 1.82) is 0 Å². The van der Waals surface area contributed by atoms with Gasteiger partial charge in [0, 0.05) is 30.3 Å². The van der Waals surface area contributed by atoms with Gasteiger partial charge in [-0.25, -0.2) is 4.39 Å². The molecule has 0 radical (unpaired) electrons. The van der Waals surface area contributed by atoms with Crippen molar-refractivity contribution in [2.45, 2.75) is 32.1 Å². The van der Waals surface area contributed by atoms with Gasteiger partial charge < -0.3 is 5.32 Å². The molecule has 1 aromatic carbocycles. The summed E-state index contributed by atoms with van der Waals surface area (Å²) in [4.78, 5) is 4.69. The monoisotopic (exact) mass is 284 g/mol. The summed E-state index contributed by atoms with van der Waals surface area (Å²) < 4.78 is 13.8. The third-order valence-electron chi connectivity index (χ3n) is 4.10. The van der Waals surface area contributed by atoms with Crippen molar-refractivity contribution in [3.05, 3.63) is 64.7 Å². The maximum absolute atomic E-state index is 13.8. The molecule has 0 amide bonds. The largest absolute Gasteiger partial charge is 0.316 e. The van der Waals surface area contributed by atoms with Gasteiger partial charge in [0.15, 0.2) is 0 Å². The molecule has 1 aliphatic rings. The van der Waals surface area contributed by atoms with Gasteiger partial charge in [-0.15, -0.1) is 0 Å². The molecule has 1 aliphatic heterocycles. The van der Waals surface area contributed by atoms with Crippen LogP contribution in [0.5, 0.6) is 0 Å². The summed E-state index contributed by atoms with van der Waals surface area (Å²) in [5, 5.41) is 3.43. The Labute approximate surface area is 125 Å². The lowest BCUT2D eigenvalue weighted by molar-refractivity contribution is 0.454. The maximum atomic E-state index is 13.8. The Morgan fingerprint density at radius 2 is 2.14 bits per heavy atom. The minimum atomic E-state index is -0.132. The predicted molar refractivity (Wildman–Crippen MR) is 83.0 cm³/mol. The maximum Gasteiger partial charge on any atom is 0.126 e. The van der Waals surface area contributed by atoms with Crippen LogP contribution < -0.4 is 5.32 Å². The van der Waals surface area contributed by atoms with Crippen LogP contribution in [0.2, 0.25) is 0 Å². The topological polar surface area (TPSA) is 24.9 Å². The van der Waals surface area contributed by atoms with Crippen LogP contribution in [0.3, 0.4) is 0 Å². The van der Waals surface area contributed by atoms with Gasteiger partial charge in [-0.3, -0.25) is 4.98 Å². The first-order chi connectivity index (χ1) is 10.2. The fourth-order valence-corrected chi connectivity index (χ4v) is 3.05. The molecule has 1 atom stereocenters. The minimum Gasteiger partial charge on any atom is -0.316 e. The second-order valence-electron chi connectivity index (χ2n) is 5.85. The van der Waals surface area contributed by atoms with Crippen molar-refractivity contribution in [3.63, 3.8) is 0 Å². The molecule has 2 aromatic rings. The van der Waals surface area contributed by atoms with E-state index in [1.807, 2.05) is 19.1 Å². The fourth-order valence-electron chi connectivity index (χ4n) is 3.05. The average molecular weight is 284 g/mol. The quantitative estimate of drug-likeness (QED) is 0.931. The molecule has 1 aromatic heterocycles. The number of piperidine rings is 1. The molecule has 2 heterocycles. The summed E-state index contributed by atoms with van der Waals surface area (Å²) in [5.74, 6) is 0.353. The number of nitrogens with zero attached hydrogens (tertiary/aromatic N) is 1. The lowest BCUT2D eigenvalue weighted by Crippen LogP contribution is -2.29. The number of hydrogen-bond donors (Lipinski definition) is 1. The molecule has 1 N–H and O–H groups in total. The molecule has 0 spiro atoms. The number of halogens is 1. The predicted octanol–water partition coefficient (Wildman–Crippen LogP) is 3.59. The van der Waals surface area contributed by atoms with Crippen molar-refractivity contribution < 1.29 is 4.39 Å². The van der Waals surface area contributed by atoms with E-state index in [-0.39, 0.29) is 5.82 Å². The Balaban J connectivity index is 1.85. The molecule has 1 saturated heterocycles. The van der Waals surface area contributed by atoms with E-state index < -0.39 is 0 Å². The van der Waals surface area contributed by atoms with Crippen LogP contribution in [0, 0.1) is 12.7 Å². The van der Waals surface area contributed by atoms with Gasteiger partial charge in [-0.05, 0) is 55.6 Å². The van der Waals surface area contributed by atoms with Crippen molar-refractivity contribution in [3.8, 4) is 0 Å². The van der Waals surface area contributed by atoms with Crippen LogP contribution >= 0.6 is 0 Å². The molecule has 1 fully saturated rings. The Kier molecular flexibility index (Phi) is 4.30. The van der Waals surface area contributed by atoms with Gasteiger partial charge in [-0.2, -0.15) is 0 Å². The van der Waals surface area contributed by atoms with Crippen LogP contribution in [0.25, 0.3) is 0 Å². The third kappa shape index (κ3) is 3.48. The summed E-state index contributed by atoms with van der Waals surface area (Å²) in [6, 6.07) is 11.2. The zero-order valence-electron chi connectivity index (χ0n) is 12.4. The summed E-state index contributed by atoms with van der Waals surface area (Å²) >= 11 is 0. The van der Waals surface area contributed by atoms with Gasteiger partial charge in [0.05, 0.1) is 0 Å². The molecule has 3 heteroatoms. The van der Waals surface area contributed by atoms with Crippen LogP contribution in [0.15, 0.2) is 36.4 Å². The Morgan fingerprint density at radius 1 is 1.29 bits per heavy atom. The molecule has 2 nitrogen and oxygen atoms in total. The molecular weight excluding hydrogens is 263 g/mol. The molecule has 0 bridgehead atoms. The summed E-state index contributed by atoms with van der Waals surface area (Å²) in [6.45, 7) is 4.12. The highest BCUT2D eigenvalue weighted by atomic mass is 19.1. The van der Waals surface area contributed by atoms with E-state index in [4.69, 9.17) is 0 Å². The summed E-state index contributed by atoms with van der Waals surface area (Å²) in [6.07, 6.45) is 3.01. The van der Waals surface area contributed by atoms with Crippen LogP contribution in [-0.4, -0.2) is 18.1 Å². The Bertz CT molecular complexity index is 618. The van der Waals surface area contributed by atoms with Crippen molar-refractivity contribution in [2.24, 2.45) is 0 Å². The van der Waals surface area contributed by atoms with E-state index in [9.17, 15) is 4.39 Å². The van der Waals surface area contributed by atoms with E-state index in [2.05, 4.69) is 22.4 Å². The molecule has 110 valence electrons. The molecule has 3 rings (SSSR count). The fraction of sp³-hybridized carbons (Fsp3) is 0.389. The van der Waals surface area contributed by atoms with E-state index in [1.165, 1.54) is 18.9 Å². The van der Waals surface area contributed by atoms with Gasteiger partial charge >= 0.3 is 0 Å². The zero-order chi connectivity index (χ0) is 14.7. The Morgan fingerprint density at radius 3 is 2.90 bits per heavy atom. The second kappa shape index (κ2) is 6.35. The smallest absolute Gasteiger partial charge is 0.126 e. The first-order valence-corrected chi connectivity index (χ1v) is 7.64. The lowest BCUT2D eigenvalue weighted by atomic mass is 9.93. The van der Waals surface area contributed by atoms with E-state index in [1.54, 1.807) is 6.07 Å². The number of hydrogen-bond acceptors (Lipinski definition) is 2.